The van der Waals surface area contributed by atoms with Crippen LogP contribution in [-0.2, 0) is 4.74 Å². The average Bonchev–Trinajstić information content (AvgIpc) is 2.03. The summed E-state index contributed by atoms with van der Waals surface area (Å²) < 4.78 is 5.19. The van der Waals surface area contributed by atoms with Crippen LogP contribution in [0.2, 0.25) is 0 Å². The Balaban J connectivity index is 1.80. The van der Waals surface area contributed by atoms with E-state index in [1.54, 1.807) is 0 Å². The van der Waals surface area contributed by atoms with Crippen LogP contribution in [0, 0.1) is 0 Å². The summed E-state index contributed by atoms with van der Waals surface area (Å²) >= 11 is 0. The minimum absolute atomic E-state index is 0.702. The van der Waals surface area contributed by atoms with Crippen molar-refractivity contribution < 1.29 is 4.74 Å². The maximum atomic E-state index is 5.19. The van der Waals surface area contributed by atoms with E-state index in [0.29, 0.717) is 6.04 Å². The maximum absolute atomic E-state index is 5.19. The predicted octanol–water partition coefficient (Wildman–Crippen LogP) is 0.0690. The largest absolute Gasteiger partial charge is 0.378 e. The number of piperidine rings is 1. The molecule has 0 bridgehead atoms. The Morgan fingerprint density at radius 1 is 1.17 bits per heavy atom. The molecule has 2 rings (SSSR count). The summed E-state index contributed by atoms with van der Waals surface area (Å²) in [4.78, 5) is 2.50. The zero-order valence-electron chi connectivity index (χ0n) is 7.75. The molecule has 3 nitrogen and oxygen atoms in total. The van der Waals surface area contributed by atoms with Crippen LogP contribution in [0.15, 0.2) is 0 Å². The molecule has 0 spiro atoms. The molecular weight excluding hydrogens is 152 g/mol. The Kier molecular flexibility index (Phi) is 2.63. The summed E-state index contributed by atoms with van der Waals surface area (Å²) in [6.07, 6.45) is 2.60. The Labute approximate surface area is 74.1 Å². The first-order valence-corrected chi connectivity index (χ1v) is 4.88. The van der Waals surface area contributed by atoms with Crippen LogP contribution in [0.25, 0.3) is 0 Å². The van der Waals surface area contributed by atoms with Crippen LogP contribution in [-0.4, -0.2) is 50.3 Å². The molecule has 2 aliphatic heterocycles. The van der Waals surface area contributed by atoms with Crippen molar-refractivity contribution in [2.45, 2.75) is 24.9 Å². The van der Waals surface area contributed by atoms with E-state index in [1.807, 2.05) is 0 Å². The van der Waals surface area contributed by atoms with Crippen LogP contribution in [0.3, 0.4) is 0 Å². The van der Waals surface area contributed by atoms with Crippen molar-refractivity contribution >= 4 is 0 Å². The van der Waals surface area contributed by atoms with Gasteiger partial charge in [0, 0.05) is 6.04 Å². The van der Waals surface area contributed by atoms with E-state index in [1.165, 1.54) is 25.9 Å². The predicted molar refractivity (Wildman–Crippen MR) is 48.3 cm³/mol. The third-order valence-corrected chi connectivity index (χ3v) is 3.08. The first kappa shape index (κ1) is 8.48. The van der Waals surface area contributed by atoms with Crippen molar-refractivity contribution in [1.29, 1.82) is 0 Å². The van der Waals surface area contributed by atoms with Crippen molar-refractivity contribution in [3.05, 3.63) is 0 Å². The standard InChI is InChI=1S/C9H18N2O/c1-11(9-6-12-7-9)8-2-4-10-5-3-8/h8-10H,2-7H2,1H3. The first-order chi connectivity index (χ1) is 5.88. The number of hydrogen-bond acceptors (Lipinski definition) is 3. The minimum atomic E-state index is 0.702. The summed E-state index contributed by atoms with van der Waals surface area (Å²) in [6.45, 7) is 4.26. The molecule has 70 valence electrons. The highest BCUT2D eigenvalue weighted by Crippen LogP contribution is 2.17. The molecule has 1 N–H and O–H groups in total. The second-order valence-corrected chi connectivity index (χ2v) is 3.84. The summed E-state index contributed by atoms with van der Waals surface area (Å²) in [6, 6.07) is 1.49. The van der Waals surface area contributed by atoms with E-state index in [2.05, 4.69) is 17.3 Å². The van der Waals surface area contributed by atoms with Gasteiger partial charge in [0.2, 0.25) is 0 Å². The Bertz CT molecular complexity index is 141. The van der Waals surface area contributed by atoms with Crippen LogP contribution in [0.1, 0.15) is 12.8 Å². The van der Waals surface area contributed by atoms with Crippen LogP contribution >= 0.6 is 0 Å². The fraction of sp³-hybridized carbons (Fsp3) is 1.00. The maximum Gasteiger partial charge on any atom is 0.0645 e. The molecule has 0 aromatic carbocycles. The van der Waals surface area contributed by atoms with Gasteiger partial charge in [0.1, 0.15) is 0 Å². The van der Waals surface area contributed by atoms with Crippen molar-refractivity contribution in [3.63, 3.8) is 0 Å². The van der Waals surface area contributed by atoms with Crippen LogP contribution < -0.4 is 5.32 Å². The van der Waals surface area contributed by atoms with Gasteiger partial charge in [-0.15, -0.1) is 0 Å². The monoisotopic (exact) mass is 170 g/mol. The number of nitrogens with zero attached hydrogens (tertiary/aromatic N) is 1. The smallest absolute Gasteiger partial charge is 0.0645 e. The zero-order valence-corrected chi connectivity index (χ0v) is 7.75. The molecule has 2 heterocycles. The lowest BCUT2D eigenvalue weighted by molar-refractivity contribution is -0.0725. The van der Waals surface area contributed by atoms with Gasteiger partial charge in [-0.1, -0.05) is 0 Å². The molecule has 2 saturated heterocycles. The molecule has 2 fully saturated rings. The van der Waals surface area contributed by atoms with Crippen molar-refractivity contribution in [3.8, 4) is 0 Å². The van der Waals surface area contributed by atoms with E-state index >= 15 is 0 Å². The third-order valence-electron chi connectivity index (χ3n) is 3.08. The van der Waals surface area contributed by atoms with E-state index in [4.69, 9.17) is 4.74 Å². The van der Waals surface area contributed by atoms with E-state index in [9.17, 15) is 0 Å². The molecule has 0 aromatic heterocycles. The summed E-state index contributed by atoms with van der Waals surface area (Å²) in [5.41, 5.74) is 0. The third kappa shape index (κ3) is 1.63. The van der Waals surface area contributed by atoms with Gasteiger partial charge in [0.15, 0.2) is 0 Å². The molecule has 12 heavy (non-hydrogen) atoms. The van der Waals surface area contributed by atoms with Gasteiger partial charge in [-0.25, -0.2) is 0 Å². The normalized spacial score (nSPS) is 27.5. The van der Waals surface area contributed by atoms with Gasteiger partial charge in [0.25, 0.3) is 0 Å². The lowest BCUT2D eigenvalue weighted by Gasteiger charge is -2.41. The Morgan fingerprint density at radius 2 is 1.83 bits per heavy atom. The molecule has 0 atom stereocenters. The number of ether oxygens (including phenoxy) is 1. The second kappa shape index (κ2) is 3.73. The lowest BCUT2D eigenvalue weighted by Crippen LogP contribution is -2.53. The molecule has 0 aromatic rings. The Morgan fingerprint density at radius 3 is 2.33 bits per heavy atom. The topological polar surface area (TPSA) is 24.5 Å². The van der Waals surface area contributed by atoms with Crippen molar-refractivity contribution in [2.75, 3.05) is 33.4 Å². The molecule has 0 aliphatic carbocycles. The molecule has 2 aliphatic rings. The van der Waals surface area contributed by atoms with Gasteiger partial charge in [0.05, 0.1) is 19.3 Å². The lowest BCUT2D eigenvalue weighted by atomic mass is 10.0. The van der Waals surface area contributed by atoms with E-state index in [0.717, 1.165) is 19.3 Å². The van der Waals surface area contributed by atoms with Gasteiger partial charge in [-0.3, -0.25) is 4.90 Å². The summed E-state index contributed by atoms with van der Waals surface area (Å²) in [5.74, 6) is 0. The number of rotatable bonds is 2. The van der Waals surface area contributed by atoms with Crippen molar-refractivity contribution in [2.24, 2.45) is 0 Å². The first-order valence-electron chi connectivity index (χ1n) is 4.88. The Hall–Kier alpha value is -0.120. The molecule has 0 unspecified atom stereocenters. The average molecular weight is 170 g/mol. The molecule has 3 heteroatoms. The van der Waals surface area contributed by atoms with Gasteiger partial charge >= 0.3 is 0 Å². The fourth-order valence-corrected chi connectivity index (χ4v) is 1.97. The quantitative estimate of drug-likeness (QED) is 0.634. The highest BCUT2D eigenvalue weighted by molar-refractivity contribution is 4.83. The van der Waals surface area contributed by atoms with Gasteiger partial charge in [-0.05, 0) is 33.0 Å². The molecule has 0 radical (unpaired) electrons. The number of likely N-dealkylation sites (N-methyl/N-ethyl adjacent to an activating group) is 1. The molecular formula is C9H18N2O. The molecule has 0 saturated carbocycles. The van der Waals surface area contributed by atoms with Crippen molar-refractivity contribution in [1.82, 2.24) is 10.2 Å². The second-order valence-electron chi connectivity index (χ2n) is 3.84. The number of nitrogens with one attached hydrogen (secondary N) is 1. The fourth-order valence-electron chi connectivity index (χ4n) is 1.97. The van der Waals surface area contributed by atoms with Crippen LogP contribution in [0.4, 0.5) is 0 Å². The summed E-state index contributed by atoms with van der Waals surface area (Å²) in [5, 5.41) is 3.39. The highest BCUT2D eigenvalue weighted by atomic mass is 16.5. The van der Waals surface area contributed by atoms with Crippen LogP contribution in [0.5, 0.6) is 0 Å². The van der Waals surface area contributed by atoms with E-state index in [-0.39, 0.29) is 0 Å². The SMILES string of the molecule is CN(C1CCNCC1)C1COC1. The number of hydrogen-bond donors (Lipinski definition) is 1. The summed E-state index contributed by atoms with van der Waals surface area (Å²) in [7, 11) is 2.24. The zero-order chi connectivity index (χ0) is 8.39. The van der Waals surface area contributed by atoms with Gasteiger partial charge < -0.3 is 10.1 Å². The van der Waals surface area contributed by atoms with Gasteiger partial charge in [-0.2, -0.15) is 0 Å². The van der Waals surface area contributed by atoms with E-state index < -0.39 is 0 Å². The molecule has 0 amide bonds. The minimum Gasteiger partial charge on any atom is -0.378 e. The highest BCUT2D eigenvalue weighted by Gasteiger charge is 2.28.